The van der Waals surface area contributed by atoms with Crippen molar-refractivity contribution in [3.63, 3.8) is 0 Å². The Balaban J connectivity index is 1.42. The summed E-state index contributed by atoms with van der Waals surface area (Å²) in [5.74, 6) is 0.139. The molecule has 0 unspecified atom stereocenters. The van der Waals surface area contributed by atoms with E-state index in [0.29, 0.717) is 22.6 Å². The summed E-state index contributed by atoms with van der Waals surface area (Å²) < 4.78 is 5.98. The number of amides is 2. The first-order valence-corrected chi connectivity index (χ1v) is 13.7. The Morgan fingerprint density at radius 3 is 2.23 bits per heavy atom. The quantitative estimate of drug-likeness (QED) is 0.118. The molecule has 0 spiro atoms. The first kappa shape index (κ1) is 27.9. The van der Waals surface area contributed by atoms with Crippen LogP contribution in [0.4, 0.5) is 5.69 Å². The number of ketones is 1. The zero-order valence-electron chi connectivity index (χ0n) is 21.0. The SMILES string of the molecule is COc1ccc(C(=O)CSc2ccc(NC(=O)/C(=C/c3cccc(Br)c3)NC(=O)c3ccccc3)cc2)cc1. The predicted octanol–water partition coefficient (Wildman–Crippen LogP) is 6.84. The third-order valence-electron chi connectivity index (χ3n) is 5.58. The van der Waals surface area contributed by atoms with Crippen LogP contribution in [0.15, 0.2) is 118 Å². The van der Waals surface area contributed by atoms with Gasteiger partial charge in [0.05, 0.1) is 12.9 Å². The van der Waals surface area contributed by atoms with Gasteiger partial charge < -0.3 is 15.4 Å². The van der Waals surface area contributed by atoms with E-state index in [2.05, 4.69) is 26.6 Å². The number of halogens is 1. The minimum Gasteiger partial charge on any atom is -0.497 e. The highest BCUT2D eigenvalue weighted by Crippen LogP contribution is 2.23. The van der Waals surface area contributed by atoms with Crippen LogP contribution in [0.5, 0.6) is 5.75 Å². The second-order valence-corrected chi connectivity index (χ2v) is 10.3. The Labute approximate surface area is 239 Å². The molecule has 0 aliphatic rings. The Morgan fingerprint density at radius 1 is 0.846 bits per heavy atom. The van der Waals surface area contributed by atoms with Gasteiger partial charge in [-0.15, -0.1) is 11.8 Å². The minimum atomic E-state index is -0.464. The number of carbonyl (C=O) groups is 3. The Bertz CT molecular complexity index is 1490. The second-order valence-electron chi connectivity index (χ2n) is 8.35. The molecule has 0 aromatic heterocycles. The van der Waals surface area contributed by atoms with E-state index in [1.54, 1.807) is 73.8 Å². The van der Waals surface area contributed by atoms with Gasteiger partial charge in [0.1, 0.15) is 11.4 Å². The van der Waals surface area contributed by atoms with Crippen LogP contribution < -0.4 is 15.4 Å². The van der Waals surface area contributed by atoms with Gasteiger partial charge in [-0.3, -0.25) is 14.4 Å². The standard InChI is InChI=1S/C31H25BrN2O4S/c1-38-26-14-10-22(11-15-26)29(35)20-39-27-16-12-25(13-17-27)33-31(37)28(19-21-6-5-9-24(32)18-21)34-30(36)23-7-3-2-4-8-23/h2-19H,20H2,1H3,(H,33,37)(H,34,36)/b28-19-. The number of carbonyl (C=O) groups excluding carboxylic acids is 3. The molecule has 0 aliphatic heterocycles. The molecule has 0 bridgehead atoms. The first-order valence-electron chi connectivity index (χ1n) is 12.0. The van der Waals surface area contributed by atoms with Crippen molar-refractivity contribution in [3.05, 3.63) is 130 Å². The molecule has 8 heteroatoms. The maximum absolute atomic E-state index is 13.2. The van der Waals surface area contributed by atoms with Gasteiger partial charge in [-0.2, -0.15) is 0 Å². The van der Waals surface area contributed by atoms with E-state index in [0.717, 1.165) is 14.9 Å². The molecule has 0 fully saturated rings. The van der Waals surface area contributed by atoms with Crippen molar-refractivity contribution in [2.75, 3.05) is 18.2 Å². The van der Waals surface area contributed by atoms with Crippen LogP contribution in [-0.2, 0) is 4.79 Å². The Morgan fingerprint density at radius 2 is 1.56 bits per heavy atom. The summed E-state index contributed by atoms with van der Waals surface area (Å²) in [5, 5.41) is 5.57. The molecule has 4 aromatic carbocycles. The fourth-order valence-corrected chi connectivity index (χ4v) is 4.76. The molecular formula is C31H25BrN2O4S. The molecule has 0 atom stereocenters. The second kappa shape index (κ2) is 13.6. The van der Waals surface area contributed by atoms with Crippen LogP contribution in [-0.4, -0.2) is 30.5 Å². The topological polar surface area (TPSA) is 84.5 Å². The highest BCUT2D eigenvalue weighted by Gasteiger charge is 2.15. The third-order valence-corrected chi connectivity index (χ3v) is 7.09. The molecule has 0 radical (unpaired) electrons. The van der Waals surface area contributed by atoms with Gasteiger partial charge in [0.15, 0.2) is 5.78 Å². The lowest BCUT2D eigenvalue weighted by Gasteiger charge is -2.12. The molecule has 0 heterocycles. The lowest BCUT2D eigenvalue weighted by Crippen LogP contribution is -2.30. The molecule has 0 saturated heterocycles. The van der Waals surface area contributed by atoms with Crippen LogP contribution in [0.1, 0.15) is 26.3 Å². The lowest BCUT2D eigenvalue weighted by molar-refractivity contribution is -0.113. The maximum atomic E-state index is 13.2. The van der Waals surface area contributed by atoms with Crippen LogP contribution in [0.3, 0.4) is 0 Å². The van der Waals surface area contributed by atoms with Gasteiger partial charge in [-0.1, -0.05) is 46.3 Å². The molecule has 39 heavy (non-hydrogen) atoms. The van der Waals surface area contributed by atoms with Gasteiger partial charge in [0.25, 0.3) is 11.8 Å². The van der Waals surface area contributed by atoms with E-state index < -0.39 is 5.91 Å². The number of hydrogen-bond acceptors (Lipinski definition) is 5. The smallest absolute Gasteiger partial charge is 0.272 e. The molecule has 6 nitrogen and oxygen atoms in total. The summed E-state index contributed by atoms with van der Waals surface area (Å²) >= 11 is 4.84. The van der Waals surface area contributed by atoms with Gasteiger partial charge in [0.2, 0.25) is 0 Å². The molecule has 2 N–H and O–H groups in total. The van der Waals surface area contributed by atoms with E-state index in [9.17, 15) is 14.4 Å². The normalized spacial score (nSPS) is 11.0. The van der Waals surface area contributed by atoms with Crippen LogP contribution in [0.2, 0.25) is 0 Å². The first-order chi connectivity index (χ1) is 18.9. The van der Waals surface area contributed by atoms with Gasteiger partial charge >= 0.3 is 0 Å². The van der Waals surface area contributed by atoms with Crippen molar-refractivity contribution >= 4 is 57.1 Å². The highest BCUT2D eigenvalue weighted by molar-refractivity contribution is 9.10. The van der Waals surface area contributed by atoms with Crippen molar-refractivity contribution in [3.8, 4) is 5.75 Å². The van der Waals surface area contributed by atoms with Gasteiger partial charge in [-0.25, -0.2) is 0 Å². The molecule has 0 aliphatic carbocycles. The van der Waals surface area contributed by atoms with Crippen molar-refractivity contribution < 1.29 is 19.1 Å². The predicted molar refractivity (Wildman–Crippen MR) is 159 cm³/mol. The van der Waals surface area contributed by atoms with Gasteiger partial charge in [0, 0.05) is 26.2 Å². The third kappa shape index (κ3) is 8.17. The number of nitrogens with one attached hydrogen (secondary N) is 2. The van der Waals surface area contributed by atoms with E-state index in [-0.39, 0.29) is 23.1 Å². The summed E-state index contributed by atoms with van der Waals surface area (Å²) in [6.45, 7) is 0. The fraction of sp³-hybridized carbons (Fsp3) is 0.0645. The zero-order valence-corrected chi connectivity index (χ0v) is 23.4. The molecular weight excluding hydrogens is 576 g/mol. The average molecular weight is 602 g/mol. The molecule has 4 aromatic rings. The number of ether oxygens (including phenoxy) is 1. The van der Waals surface area contributed by atoms with E-state index in [1.165, 1.54) is 11.8 Å². The molecule has 196 valence electrons. The summed E-state index contributed by atoms with van der Waals surface area (Å²) in [6.07, 6.45) is 1.62. The summed E-state index contributed by atoms with van der Waals surface area (Å²) in [5.41, 5.74) is 2.46. The van der Waals surface area contributed by atoms with Crippen LogP contribution >= 0.6 is 27.7 Å². The maximum Gasteiger partial charge on any atom is 0.272 e. The summed E-state index contributed by atoms with van der Waals surface area (Å²) in [6, 6.07) is 30.3. The van der Waals surface area contributed by atoms with Crippen LogP contribution in [0.25, 0.3) is 6.08 Å². The highest BCUT2D eigenvalue weighted by atomic mass is 79.9. The fourth-order valence-electron chi connectivity index (χ4n) is 3.55. The van der Waals surface area contributed by atoms with Crippen LogP contribution in [0, 0.1) is 0 Å². The number of benzene rings is 4. The number of rotatable bonds is 10. The number of methoxy groups -OCH3 is 1. The van der Waals surface area contributed by atoms with E-state index in [1.807, 2.05) is 42.5 Å². The molecule has 0 saturated carbocycles. The minimum absolute atomic E-state index is 0.0107. The Kier molecular flexibility index (Phi) is 9.72. The monoisotopic (exact) mass is 600 g/mol. The van der Waals surface area contributed by atoms with Gasteiger partial charge in [-0.05, 0) is 84.4 Å². The van der Waals surface area contributed by atoms with Crippen molar-refractivity contribution in [1.82, 2.24) is 5.32 Å². The van der Waals surface area contributed by atoms with Crippen molar-refractivity contribution in [1.29, 1.82) is 0 Å². The number of Topliss-reactive ketones (excluding diaryl/α,β-unsaturated/α-hetero) is 1. The van der Waals surface area contributed by atoms with Crippen molar-refractivity contribution in [2.24, 2.45) is 0 Å². The molecule has 2 amide bonds. The zero-order chi connectivity index (χ0) is 27.6. The van der Waals surface area contributed by atoms with E-state index >= 15 is 0 Å². The largest absolute Gasteiger partial charge is 0.497 e. The summed E-state index contributed by atoms with van der Waals surface area (Å²) in [4.78, 5) is 39.4. The number of thioether (sulfide) groups is 1. The Hall–Kier alpha value is -4.14. The van der Waals surface area contributed by atoms with Crippen molar-refractivity contribution in [2.45, 2.75) is 4.90 Å². The van der Waals surface area contributed by atoms with E-state index in [4.69, 9.17) is 4.74 Å². The lowest BCUT2D eigenvalue weighted by atomic mass is 10.1. The summed E-state index contributed by atoms with van der Waals surface area (Å²) in [7, 11) is 1.58. The number of anilines is 1. The molecule has 4 rings (SSSR count). The average Bonchev–Trinajstić information content (AvgIpc) is 2.96. The number of hydrogen-bond donors (Lipinski definition) is 2.